The SMILES string of the molecule is COc1cc(Nc2nc3c(c(N4CC(F)(F)C4)n2)CCC3c2ccc(Cl)cc2)ccc1-n1cnc(Cl)c1. The fraction of sp³-hybridized carbons (Fsp3) is 0.269. The summed E-state index contributed by atoms with van der Waals surface area (Å²) in [5.74, 6) is -1.20. The van der Waals surface area contributed by atoms with E-state index in [2.05, 4.69) is 15.3 Å². The van der Waals surface area contributed by atoms with Gasteiger partial charge in [-0.25, -0.2) is 18.7 Å². The van der Waals surface area contributed by atoms with Crippen LogP contribution in [0.3, 0.4) is 0 Å². The first-order chi connectivity index (χ1) is 17.8. The largest absolute Gasteiger partial charge is 0.494 e. The monoisotopic (exact) mass is 542 g/mol. The number of halogens is 4. The molecule has 1 unspecified atom stereocenters. The summed E-state index contributed by atoms with van der Waals surface area (Å²) in [5, 5.41) is 4.28. The van der Waals surface area contributed by atoms with Crippen molar-refractivity contribution in [3.8, 4) is 11.4 Å². The number of nitrogens with one attached hydrogen (secondary N) is 1. The lowest BCUT2D eigenvalue weighted by atomic mass is 9.97. The van der Waals surface area contributed by atoms with Crippen molar-refractivity contribution < 1.29 is 13.5 Å². The van der Waals surface area contributed by atoms with Gasteiger partial charge in [0, 0.05) is 34.5 Å². The van der Waals surface area contributed by atoms with Crippen molar-refractivity contribution in [2.24, 2.45) is 0 Å². The Morgan fingerprint density at radius 2 is 1.86 bits per heavy atom. The lowest BCUT2D eigenvalue weighted by Crippen LogP contribution is -2.57. The molecule has 1 aliphatic carbocycles. The topological polar surface area (TPSA) is 68.1 Å². The van der Waals surface area contributed by atoms with Gasteiger partial charge in [0.25, 0.3) is 5.92 Å². The molecule has 7 nitrogen and oxygen atoms in total. The number of nitrogens with zero attached hydrogens (tertiary/aromatic N) is 5. The lowest BCUT2D eigenvalue weighted by Gasteiger charge is -2.40. The second-order valence-electron chi connectivity index (χ2n) is 9.20. The van der Waals surface area contributed by atoms with Crippen LogP contribution in [0.25, 0.3) is 5.69 Å². The van der Waals surface area contributed by atoms with Gasteiger partial charge in [-0.2, -0.15) is 4.98 Å². The van der Waals surface area contributed by atoms with Crippen molar-refractivity contribution in [1.82, 2.24) is 19.5 Å². The van der Waals surface area contributed by atoms with E-state index in [1.807, 2.05) is 42.5 Å². The average molecular weight is 543 g/mol. The molecule has 2 aromatic heterocycles. The summed E-state index contributed by atoms with van der Waals surface area (Å²) in [5.41, 5.74) is 4.30. The maximum Gasteiger partial charge on any atom is 0.282 e. The van der Waals surface area contributed by atoms with E-state index in [0.29, 0.717) is 33.4 Å². The first kappa shape index (κ1) is 23.9. The minimum atomic E-state index is -2.71. The summed E-state index contributed by atoms with van der Waals surface area (Å²) in [7, 11) is 1.58. The van der Waals surface area contributed by atoms with Crippen LogP contribution in [0, 0.1) is 0 Å². The average Bonchev–Trinajstić information content (AvgIpc) is 3.49. The number of anilines is 3. The van der Waals surface area contributed by atoms with Gasteiger partial charge in [-0.15, -0.1) is 0 Å². The highest BCUT2D eigenvalue weighted by molar-refractivity contribution is 6.30. The third kappa shape index (κ3) is 4.57. The number of rotatable bonds is 6. The summed E-state index contributed by atoms with van der Waals surface area (Å²) in [6.45, 7) is -0.699. The maximum atomic E-state index is 13.8. The van der Waals surface area contributed by atoms with Crippen LogP contribution in [0.1, 0.15) is 29.2 Å². The van der Waals surface area contributed by atoms with Gasteiger partial charge in [0.1, 0.15) is 23.0 Å². The van der Waals surface area contributed by atoms with E-state index in [-0.39, 0.29) is 19.0 Å². The summed E-state index contributed by atoms with van der Waals surface area (Å²) in [6, 6.07) is 13.2. The predicted molar refractivity (Wildman–Crippen MR) is 139 cm³/mol. The van der Waals surface area contributed by atoms with Gasteiger partial charge >= 0.3 is 0 Å². The molecule has 0 spiro atoms. The Kier molecular flexibility index (Phi) is 5.92. The van der Waals surface area contributed by atoms with Crippen LogP contribution in [0.5, 0.6) is 5.75 Å². The van der Waals surface area contributed by atoms with Crippen molar-refractivity contribution in [3.63, 3.8) is 0 Å². The number of methoxy groups -OCH3 is 1. The summed E-state index contributed by atoms with van der Waals surface area (Å²) in [6.07, 6.45) is 4.82. The van der Waals surface area contributed by atoms with E-state index in [1.54, 1.807) is 29.1 Å². The molecular formula is C26H22Cl2F2N6O. The van der Waals surface area contributed by atoms with Gasteiger partial charge in [0.05, 0.1) is 31.6 Å². The Labute approximate surface area is 222 Å². The van der Waals surface area contributed by atoms with Crippen molar-refractivity contribution in [3.05, 3.63) is 82.0 Å². The molecule has 0 bridgehead atoms. The Hall–Kier alpha value is -3.43. The van der Waals surface area contributed by atoms with E-state index < -0.39 is 5.92 Å². The molecule has 1 aliphatic heterocycles. The van der Waals surface area contributed by atoms with E-state index in [4.69, 9.17) is 32.9 Å². The Morgan fingerprint density at radius 3 is 2.54 bits per heavy atom. The molecule has 11 heteroatoms. The minimum Gasteiger partial charge on any atom is -0.494 e. The molecule has 1 atom stereocenters. The van der Waals surface area contributed by atoms with Crippen molar-refractivity contribution in [1.29, 1.82) is 0 Å². The molecule has 6 rings (SSSR count). The van der Waals surface area contributed by atoms with Crippen LogP contribution in [0.2, 0.25) is 10.2 Å². The normalized spacial score (nSPS) is 17.9. The van der Waals surface area contributed by atoms with Crippen LogP contribution >= 0.6 is 23.2 Å². The summed E-state index contributed by atoms with van der Waals surface area (Å²) in [4.78, 5) is 15.2. The maximum absolute atomic E-state index is 13.8. The van der Waals surface area contributed by atoms with Gasteiger partial charge in [-0.3, -0.25) is 0 Å². The Morgan fingerprint density at radius 1 is 1.08 bits per heavy atom. The van der Waals surface area contributed by atoms with Crippen molar-refractivity contribution in [2.45, 2.75) is 24.7 Å². The fourth-order valence-electron chi connectivity index (χ4n) is 4.97. The number of hydrogen-bond acceptors (Lipinski definition) is 6. The molecular weight excluding hydrogens is 521 g/mol. The zero-order valence-corrected chi connectivity index (χ0v) is 21.3. The van der Waals surface area contributed by atoms with Gasteiger partial charge in [-0.05, 0) is 42.7 Å². The third-order valence-electron chi connectivity index (χ3n) is 6.71. The summed E-state index contributed by atoms with van der Waals surface area (Å²) >= 11 is 12.1. The van der Waals surface area contributed by atoms with Gasteiger partial charge in [0.2, 0.25) is 5.95 Å². The number of fused-ring (bicyclic) bond motifs is 1. The quantitative estimate of drug-likeness (QED) is 0.310. The molecule has 3 heterocycles. The van der Waals surface area contributed by atoms with Gasteiger partial charge < -0.3 is 19.5 Å². The van der Waals surface area contributed by atoms with Crippen LogP contribution in [0.15, 0.2) is 55.0 Å². The van der Waals surface area contributed by atoms with E-state index in [0.717, 1.165) is 35.3 Å². The highest BCUT2D eigenvalue weighted by atomic mass is 35.5. The molecule has 0 radical (unpaired) electrons. The molecule has 190 valence electrons. The molecule has 0 amide bonds. The van der Waals surface area contributed by atoms with E-state index in [9.17, 15) is 8.78 Å². The fourth-order valence-corrected chi connectivity index (χ4v) is 5.24. The second kappa shape index (κ2) is 9.15. The smallest absolute Gasteiger partial charge is 0.282 e. The first-order valence-electron chi connectivity index (χ1n) is 11.7. The van der Waals surface area contributed by atoms with Gasteiger partial charge in [-0.1, -0.05) is 35.3 Å². The Balaban J connectivity index is 1.37. The number of alkyl halides is 2. The van der Waals surface area contributed by atoms with Crippen LogP contribution in [0.4, 0.5) is 26.2 Å². The van der Waals surface area contributed by atoms with E-state index in [1.165, 1.54) is 0 Å². The number of ether oxygens (including phenoxy) is 1. The van der Waals surface area contributed by atoms with Crippen molar-refractivity contribution >= 4 is 40.7 Å². The molecule has 4 aromatic rings. The molecule has 1 fully saturated rings. The first-order valence-corrected chi connectivity index (χ1v) is 12.5. The van der Waals surface area contributed by atoms with Crippen LogP contribution in [-0.4, -0.2) is 45.6 Å². The van der Waals surface area contributed by atoms with Crippen LogP contribution < -0.4 is 15.0 Å². The molecule has 37 heavy (non-hydrogen) atoms. The van der Waals surface area contributed by atoms with Gasteiger partial charge in [0.15, 0.2) is 0 Å². The predicted octanol–water partition coefficient (Wildman–Crippen LogP) is 6.25. The Bertz CT molecular complexity index is 1470. The zero-order chi connectivity index (χ0) is 25.7. The molecule has 2 aliphatic rings. The molecule has 1 N–H and O–H groups in total. The minimum absolute atomic E-state index is 0.0271. The number of hydrogen-bond donors (Lipinski definition) is 1. The van der Waals surface area contributed by atoms with Crippen molar-refractivity contribution in [2.75, 3.05) is 30.4 Å². The summed E-state index contributed by atoms with van der Waals surface area (Å²) < 4.78 is 34.9. The lowest BCUT2D eigenvalue weighted by molar-refractivity contribution is -0.0267. The number of benzene rings is 2. The highest BCUT2D eigenvalue weighted by Crippen LogP contribution is 2.44. The molecule has 0 saturated carbocycles. The molecule has 2 aromatic carbocycles. The zero-order valence-electron chi connectivity index (χ0n) is 19.8. The number of imidazole rings is 1. The number of aromatic nitrogens is 4. The third-order valence-corrected chi connectivity index (χ3v) is 7.16. The van der Waals surface area contributed by atoms with E-state index >= 15 is 0 Å². The second-order valence-corrected chi connectivity index (χ2v) is 10.0. The molecule has 1 saturated heterocycles. The standard InChI is InChI=1S/C26H22Cl2F2N6O/c1-37-21-10-17(6-9-20(21)35-11-22(28)31-14-35)32-25-33-23-18(15-2-4-16(27)5-3-15)7-8-19(23)24(34-25)36-12-26(29,30)13-36/h2-6,9-11,14,18H,7-8,12-13H2,1H3,(H,32,33,34). The highest BCUT2D eigenvalue weighted by Gasteiger charge is 2.46. The van der Waals surface area contributed by atoms with Crippen LogP contribution in [-0.2, 0) is 6.42 Å².